The standard InChI is InChI=1S/C18H18FN5O2/c19-16-11-15(24(25)26)4-5-17(16)22-9-7-21(8-10-22)12-14-13-23-6-2-1-3-18(23)20-14/h1-6,11,13H,7-10,12H2. The van der Waals surface area contributed by atoms with Gasteiger partial charge in [-0.25, -0.2) is 9.37 Å². The van der Waals surface area contributed by atoms with Gasteiger partial charge in [0.1, 0.15) is 5.65 Å². The third-order valence-electron chi connectivity index (χ3n) is 4.65. The molecule has 3 aromatic rings. The summed E-state index contributed by atoms with van der Waals surface area (Å²) in [6.45, 7) is 3.65. The predicted molar refractivity (Wildman–Crippen MR) is 95.7 cm³/mol. The number of imidazole rings is 1. The summed E-state index contributed by atoms with van der Waals surface area (Å²) < 4.78 is 16.2. The van der Waals surface area contributed by atoms with Crippen molar-refractivity contribution in [2.75, 3.05) is 31.1 Å². The Morgan fingerprint density at radius 3 is 2.65 bits per heavy atom. The van der Waals surface area contributed by atoms with Gasteiger partial charge in [-0.05, 0) is 18.2 Å². The minimum atomic E-state index is -0.584. The highest BCUT2D eigenvalue weighted by Crippen LogP contribution is 2.25. The predicted octanol–water partition coefficient (Wildman–Crippen LogP) is 2.70. The smallest absolute Gasteiger partial charge is 0.272 e. The Balaban J connectivity index is 1.40. The number of piperazine rings is 1. The highest BCUT2D eigenvalue weighted by molar-refractivity contribution is 5.52. The van der Waals surface area contributed by atoms with Gasteiger partial charge in [0.05, 0.1) is 22.4 Å². The lowest BCUT2D eigenvalue weighted by Gasteiger charge is -2.35. The van der Waals surface area contributed by atoms with Crippen molar-refractivity contribution in [3.05, 3.63) is 70.4 Å². The van der Waals surface area contributed by atoms with Crippen LogP contribution < -0.4 is 4.90 Å². The number of hydrogen-bond acceptors (Lipinski definition) is 5. The van der Waals surface area contributed by atoms with E-state index in [4.69, 9.17) is 0 Å². The van der Waals surface area contributed by atoms with Crippen LogP contribution in [0.4, 0.5) is 15.8 Å². The topological polar surface area (TPSA) is 66.9 Å². The third-order valence-corrected chi connectivity index (χ3v) is 4.65. The van der Waals surface area contributed by atoms with Crippen molar-refractivity contribution < 1.29 is 9.31 Å². The van der Waals surface area contributed by atoms with E-state index in [2.05, 4.69) is 9.88 Å². The van der Waals surface area contributed by atoms with Gasteiger partial charge in [-0.15, -0.1) is 0 Å². The van der Waals surface area contributed by atoms with Gasteiger partial charge in [-0.3, -0.25) is 15.0 Å². The molecule has 2 aromatic heterocycles. The molecule has 0 aliphatic carbocycles. The average Bonchev–Trinajstić information content (AvgIpc) is 3.04. The first-order valence-corrected chi connectivity index (χ1v) is 8.44. The maximum Gasteiger partial charge on any atom is 0.272 e. The van der Waals surface area contributed by atoms with Crippen molar-refractivity contribution in [3.63, 3.8) is 0 Å². The van der Waals surface area contributed by atoms with Gasteiger partial charge in [0.15, 0.2) is 5.82 Å². The molecule has 7 nitrogen and oxygen atoms in total. The Labute approximate surface area is 149 Å². The SMILES string of the molecule is O=[N+]([O-])c1ccc(N2CCN(Cc3cn4ccccc4n3)CC2)c(F)c1. The second-order valence-corrected chi connectivity index (χ2v) is 6.35. The van der Waals surface area contributed by atoms with Crippen LogP contribution in [0.2, 0.25) is 0 Å². The number of hydrogen-bond donors (Lipinski definition) is 0. The Morgan fingerprint density at radius 2 is 1.96 bits per heavy atom. The minimum Gasteiger partial charge on any atom is -0.367 e. The zero-order chi connectivity index (χ0) is 18.1. The lowest BCUT2D eigenvalue weighted by atomic mass is 10.2. The molecule has 0 unspecified atom stereocenters. The summed E-state index contributed by atoms with van der Waals surface area (Å²) in [5.74, 6) is -0.548. The van der Waals surface area contributed by atoms with Crippen LogP contribution in [0.1, 0.15) is 5.69 Å². The van der Waals surface area contributed by atoms with Gasteiger partial charge in [-0.1, -0.05) is 6.07 Å². The van der Waals surface area contributed by atoms with Crippen LogP contribution in [0.25, 0.3) is 5.65 Å². The van der Waals surface area contributed by atoms with Gasteiger partial charge < -0.3 is 9.30 Å². The van der Waals surface area contributed by atoms with E-state index < -0.39 is 10.7 Å². The Morgan fingerprint density at radius 1 is 1.15 bits per heavy atom. The quantitative estimate of drug-likeness (QED) is 0.532. The zero-order valence-corrected chi connectivity index (χ0v) is 14.1. The van der Waals surface area contributed by atoms with E-state index in [-0.39, 0.29) is 5.69 Å². The molecule has 1 saturated heterocycles. The molecule has 0 radical (unpaired) electrons. The lowest BCUT2D eigenvalue weighted by molar-refractivity contribution is -0.385. The lowest BCUT2D eigenvalue weighted by Crippen LogP contribution is -2.46. The minimum absolute atomic E-state index is 0.225. The molecule has 0 saturated carbocycles. The molecule has 1 aliphatic heterocycles. The van der Waals surface area contributed by atoms with Gasteiger partial charge in [0, 0.05) is 51.2 Å². The second kappa shape index (κ2) is 6.72. The number of nitrogens with zero attached hydrogens (tertiary/aromatic N) is 5. The fraction of sp³-hybridized carbons (Fsp3) is 0.278. The van der Waals surface area contributed by atoms with Crippen molar-refractivity contribution >= 4 is 17.0 Å². The Bertz CT molecular complexity index is 917. The van der Waals surface area contributed by atoms with Crippen LogP contribution in [0.5, 0.6) is 0 Å². The number of nitro groups is 1. The number of halogens is 1. The van der Waals surface area contributed by atoms with E-state index in [1.54, 1.807) is 0 Å². The van der Waals surface area contributed by atoms with Crippen LogP contribution in [-0.2, 0) is 6.54 Å². The first-order valence-electron chi connectivity index (χ1n) is 8.44. The summed E-state index contributed by atoms with van der Waals surface area (Å²) >= 11 is 0. The maximum atomic E-state index is 14.2. The molecule has 4 rings (SSSR count). The fourth-order valence-corrected chi connectivity index (χ4v) is 3.31. The third kappa shape index (κ3) is 3.23. The molecule has 8 heteroatoms. The van der Waals surface area contributed by atoms with E-state index in [9.17, 15) is 14.5 Å². The Hall–Kier alpha value is -3.00. The molecule has 0 N–H and O–H groups in total. The summed E-state index contributed by atoms with van der Waals surface area (Å²) in [6, 6.07) is 9.73. The van der Waals surface area contributed by atoms with E-state index >= 15 is 0 Å². The van der Waals surface area contributed by atoms with Crippen molar-refractivity contribution in [1.29, 1.82) is 0 Å². The molecule has 0 bridgehead atoms. The van der Waals surface area contributed by atoms with E-state index in [1.165, 1.54) is 12.1 Å². The number of fused-ring (bicyclic) bond motifs is 1. The van der Waals surface area contributed by atoms with Gasteiger partial charge in [0.25, 0.3) is 5.69 Å². The molecule has 1 fully saturated rings. The molecule has 0 atom stereocenters. The monoisotopic (exact) mass is 355 g/mol. The number of pyridine rings is 1. The summed E-state index contributed by atoms with van der Waals surface area (Å²) in [7, 11) is 0. The number of nitro benzene ring substituents is 1. The zero-order valence-electron chi connectivity index (χ0n) is 14.1. The normalized spacial score (nSPS) is 15.5. The summed E-state index contributed by atoms with van der Waals surface area (Å²) in [5, 5.41) is 10.7. The van der Waals surface area contributed by atoms with Gasteiger partial charge in [0.2, 0.25) is 0 Å². The van der Waals surface area contributed by atoms with Crippen molar-refractivity contribution in [2.45, 2.75) is 6.54 Å². The molecular formula is C18H18FN5O2. The summed E-state index contributed by atoms with van der Waals surface area (Å²) in [4.78, 5) is 19.0. The molecule has 0 amide bonds. The van der Waals surface area contributed by atoms with Gasteiger partial charge >= 0.3 is 0 Å². The Kier molecular flexibility index (Phi) is 4.26. The van der Waals surface area contributed by atoms with Crippen molar-refractivity contribution in [3.8, 4) is 0 Å². The molecule has 1 aliphatic rings. The summed E-state index contributed by atoms with van der Waals surface area (Å²) in [5.41, 5.74) is 2.12. The van der Waals surface area contributed by atoms with Crippen LogP contribution in [0.15, 0.2) is 48.8 Å². The molecule has 1 aromatic carbocycles. The van der Waals surface area contributed by atoms with Crippen LogP contribution in [0.3, 0.4) is 0 Å². The number of non-ortho nitro benzene ring substituents is 1. The maximum absolute atomic E-state index is 14.2. The first kappa shape index (κ1) is 16.5. The number of benzene rings is 1. The molecule has 3 heterocycles. The molecule has 0 spiro atoms. The highest BCUT2D eigenvalue weighted by atomic mass is 19.1. The van der Waals surface area contributed by atoms with E-state index in [0.29, 0.717) is 18.8 Å². The first-order chi connectivity index (χ1) is 12.6. The average molecular weight is 355 g/mol. The highest BCUT2D eigenvalue weighted by Gasteiger charge is 2.21. The number of rotatable bonds is 4. The van der Waals surface area contributed by atoms with Crippen molar-refractivity contribution in [1.82, 2.24) is 14.3 Å². The van der Waals surface area contributed by atoms with Gasteiger partial charge in [-0.2, -0.15) is 0 Å². The summed E-state index contributed by atoms with van der Waals surface area (Å²) in [6.07, 6.45) is 4.00. The number of aromatic nitrogens is 2. The van der Waals surface area contributed by atoms with Crippen LogP contribution in [-0.4, -0.2) is 45.4 Å². The van der Waals surface area contributed by atoms with Crippen LogP contribution in [0, 0.1) is 15.9 Å². The largest absolute Gasteiger partial charge is 0.367 e. The molecule has 134 valence electrons. The second-order valence-electron chi connectivity index (χ2n) is 6.35. The van der Waals surface area contributed by atoms with Crippen molar-refractivity contribution in [2.24, 2.45) is 0 Å². The van der Waals surface area contributed by atoms with Crippen LogP contribution >= 0.6 is 0 Å². The fourth-order valence-electron chi connectivity index (χ4n) is 3.31. The number of anilines is 1. The van der Waals surface area contributed by atoms with E-state index in [0.717, 1.165) is 37.0 Å². The molecule has 26 heavy (non-hydrogen) atoms. The van der Waals surface area contributed by atoms with E-state index in [1.807, 2.05) is 39.9 Å². The molecular weight excluding hydrogens is 337 g/mol.